The fourth-order valence-electron chi connectivity index (χ4n) is 3.07. The van der Waals surface area contributed by atoms with Crippen molar-refractivity contribution < 1.29 is 4.79 Å². The molecule has 0 aromatic heterocycles. The summed E-state index contributed by atoms with van der Waals surface area (Å²) in [5.74, 6) is 0.753. The van der Waals surface area contributed by atoms with Crippen molar-refractivity contribution in [1.82, 2.24) is 10.2 Å². The van der Waals surface area contributed by atoms with Gasteiger partial charge >= 0.3 is 0 Å². The molecule has 0 radical (unpaired) electrons. The van der Waals surface area contributed by atoms with Crippen LogP contribution in [0, 0.1) is 18.3 Å². The molecule has 3 heteroatoms. The van der Waals surface area contributed by atoms with E-state index in [-0.39, 0.29) is 11.5 Å². The summed E-state index contributed by atoms with van der Waals surface area (Å²) in [6.45, 7) is 10.4. The van der Waals surface area contributed by atoms with Gasteiger partial charge in [0.05, 0.1) is 0 Å². The molecule has 0 bridgehead atoms. The van der Waals surface area contributed by atoms with Crippen molar-refractivity contribution in [3.8, 4) is 0 Å². The standard InChI is InChI=1S/C18H28N2O/c1-13-8-6-7-9-15(13)16(19-5)12-20-11-14(10-17(20)21)18(2,3)4/h6-9,14,16,19H,10-12H2,1-5H3. The molecule has 1 saturated heterocycles. The summed E-state index contributed by atoms with van der Waals surface area (Å²) in [7, 11) is 1.97. The van der Waals surface area contributed by atoms with Crippen LogP contribution >= 0.6 is 0 Å². The summed E-state index contributed by atoms with van der Waals surface area (Å²) in [5, 5.41) is 3.37. The Morgan fingerprint density at radius 1 is 1.33 bits per heavy atom. The van der Waals surface area contributed by atoms with Gasteiger partial charge in [0.2, 0.25) is 5.91 Å². The number of aryl methyl sites for hydroxylation is 1. The molecule has 3 nitrogen and oxygen atoms in total. The fourth-order valence-corrected chi connectivity index (χ4v) is 3.07. The van der Waals surface area contributed by atoms with Gasteiger partial charge in [-0.25, -0.2) is 0 Å². The molecule has 2 rings (SSSR count). The topological polar surface area (TPSA) is 32.3 Å². The van der Waals surface area contributed by atoms with Crippen molar-refractivity contribution in [2.45, 2.75) is 40.2 Å². The highest BCUT2D eigenvalue weighted by atomic mass is 16.2. The summed E-state index contributed by atoms with van der Waals surface area (Å²) < 4.78 is 0. The van der Waals surface area contributed by atoms with E-state index in [1.165, 1.54) is 11.1 Å². The maximum Gasteiger partial charge on any atom is 0.223 e. The predicted octanol–water partition coefficient (Wildman–Crippen LogP) is 3.15. The Bertz CT molecular complexity index is 504. The molecule has 1 amide bonds. The smallest absolute Gasteiger partial charge is 0.223 e. The molecule has 0 aliphatic carbocycles. The Morgan fingerprint density at radius 3 is 2.52 bits per heavy atom. The molecule has 1 aliphatic rings. The fraction of sp³-hybridized carbons (Fsp3) is 0.611. The van der Waals surface area contributed by atoms with Crippen molar-refractivity contribution in [3.05, 3.63) is 35.4 Å². The van der Waals surface area contributed by atoms with Crippen LogP contribution in [-0.2, 0) is 4.79 Å². The van der Waals surface area contributed by atoms with Crippen LogP contribution in [0.5, 0.6) is 0 Å². The molecule has 1 fully saturated rings. The van der Waals surface area contributed by atoms with Gasteiger partial charge in [-0.05, 0) is 36.4 Å². The zero-order valence-corrected chi connectivity index (χ0v) is 13.9. The third kappa shape index (κ3) is 3.65. The van der Waals surface area contributed by atoms with E-state index in [1.807, 2.05) is 11.9 Å². The van der Waals surface area contributed by atoms with Gasteiger partial charge in [-0.2, -0.15) is 0 Å². The molecule has 1 aromatic rings. The van der Waals surface area contributed by atoms with Gasteiger partial charge < -0.3 is 10.2 Å². The van der Waals surface area contributed by atoms with Crippen LogP contribution in [-0.4, -0.2) is 30.9 Å². The molecule has 2 unspecified atom stereocenters. The highest BCUT2D eigenvalue weighted by Crippen LogP contribution is 2.35. The van der Waals surface area contributed by atoms with Crippen LogP contribution in [0.15, 0.2) is 24.3 Å². The summed E-state index contributed by atoms with van der Waals surface area (Å²) >= 11 is 0. The summed E-state index contributed by atoms with van der Waals surface area (Å²) in [4.78, 5) is 14.3. The first kappa shape index (κ1) is 16.0. The Labute approximate surface area is 128 Å². The monoisotopic (exact) mass is 288 g/mol. The number of amides is 1. The van der Waals surface area contributed by atoms with E-state index < -0.39 is 0 Å². The molecule has 116 valence electrons. The number of rotatable bonds is 4. The third-order valence-electron chi connectivity index (χ3n) is 4.75. The number of carbonyl (C=O) groups excluding carboxylic acids is 1. The first-order valence-electron chi connectivity index (χ1n) is 7.83. The minimum absolute atomic E-state index is 0.197. The van der Waals surface area contributed by atoms with E-state index in [4.69, 9.17) is 0 Å². The zero-order chi connectivity index (χ0) is 15.6. The molecule has 1 heterocycles. The molecule has 2 atom stereocenters. The highest BCUT2D eigenvalue weighted by molar-refractivity contribution is 5.78. The van der Waals surface area contributed by atoms with E-state index in [1.54, 1.807) is 0 Å². The summed E-state index contributed by atoms with van der Waals surface area (Å²) in [6, 6.07) is 8.61. The quantitative estimate of drug-likeness (QED) is 0.923. The number of hydrogen-bond acceptors (Lipinski definition) is 2. The lowest BCUT2D eigenvalue weighted by atomic mass is 9.80. The number of benzene rings is 1. The zero-order valence-electron chi connectivity index (χ0n) is 13.9. The lowest BCUT2D eigenvalue weighted by Gasteiger charge is -2.28. The number of carbonyl (C=O) groups is 1. The van der Waals surface area contributed by atoms with Crippen LogP contribution in [0.25, 0.3) is 0 Å². The number of likely N-dealkylation sites (tertiary alicyclic amines) is 1. The van der Waals surface area contributed by atoms with Gasteiger partial charge in [0.25, 0.3) is 0 Å². The minimum Gasteiger partial charge on any atom is -0.340 e. The molecular formula is C18H28N2O. The Morgan fingerprint density at radius 2 is 2.00 bits per heavy atom. The second-order valence-electron chi connectivity index (χ2n) is 7.26. The molecule has 1 aromatic carbocycles. The third-order valence-corrected chi connectivity index (χ3v) is 4.75. The average Bonchev–Trinajstić information content (AvgIpc) is 2.78. The predicted molar refractivity (Wildman–Crippen MR) is 87.1 cm³/mol. The first-order chi connectivity index (χ1) is 9.82. The van der Waals surface area contributed by atoms with Crippen molar-refractivity contribution in [1.29, 1.82) is 0 Å². The van der Waals surface area contributed by atoms with Crippen molar-refractivity contribution in [2.24, 2.45) is 11.3 Å². The SMILES string of the molecule is CNC(CN1CC(C(C)(C)C)CC1=O)c1ccccc1C. The summed E-state index contributed by atoms with van der Waals surface area (Å²) in [5.41, 5.74) is 2.75. The molecule has 1 aliphatic heterocycles. The number of nitrogens with one attached hydrogen (secondary N) is 1. The average molecular weight is 288 g/mol. The molecule has 1 N–H and O–H groups in total. The second kappa shape index (κ2) is 6.18. The Balaban J connectivity index is 2.10. The van der Waals surface area contributed by atoms with Crippen LogP contribution in [0.4, 0.5) is 0 Å². The van der Waals surface area contributed by atoms with Crippen molar-refractivity contribution in [2.75, 3.05) is 20.1 Å². The van der Waals surface area contributed by atoms with E-state index in [0.29, 0.717) is 18.2 Å². The highest BCUT2D eigenvalue weighted by Gasteiger charge is 2.37. The maximum atomic E-state index is 12.3. The molecular weight excluding hydrogens is 260 g/mol. The lowest BCUT2D eigenvalue weighted by molar-refractivity contribution is -0.128. The van der Waals surface area contributed by atoms with Gasteiger partial charge in [0, 0.05) is 25.6 Å². The summed E-state index contributed by atoms with van der Waals surface area (Å²) in [6.07, 6.45) is 0.688. The Hall–Kier alpha value is -1.35. The lowest BCUT2D eigenvalue weighted by Crippen LogP contribution is -2.36. The van der Waals surface area contributed by atoms with Gasteiger partial charge in [0.1, 0.15) is 0 Å². The normalized spacial score (nSPS) is 20.9. The van der Waals surface area contributed by atoms with Crippen LogP contribution < -0.4 is 5.32 Å². The van der Waals surface area contributed by atoms with Crippen LogP contribution in [0.1, 0.15) is 44.4 Å². The Kier molecular flexibility index (Phi) is 4.72. The van der Waals surface area contributed by atoms with E-state index in [9.17, 15) is 4.79 Å². The van der Waals surface area contributed by atoms with Gasteiger partial charge in [-0.1, -0.05) is 45.0 Å². The van der Waals surface area contributed by atoms with E-state index >= 15 is 0 Å². The first-order valence-corrected chi connectivity index (χ1v) is 7.83. The molecule has 21 heavy (non-hydrogen) atoms. The molecule has 0 saturated carbocycles. The number of likely N-dealkylation sites (N-methyl/N-ethyl adjacent to an activating group) is 1. The second-order valence-corrected chi connectivity index (χ2v) is 7.26. The van der Waals surface area contributed by atoms with Gasteiger partial charge in [-0.3, -0.25) is 4.79 Å². The molecule has 0 spiro atoms. The largest absolute Gasteiger partial charge is 0.340 e. The minimum atomic E-state index is 0.197. The van der Waals surface area contributed by atoms with Crippen molar-refractivity contribution in [3.63, 3.8) is 0 Å². The van der Waals surface area contributed by atoms with Crippen LogP contribution in [0.3, 0.4) is 0 Å². The van der Waals surface area contributed by atoms with Gasteiger partial charge in [0.15, 0.2) is 0 Å². The van der Waals surface area contributed by atoms with E-state index in [2.05, 4.69) is 57.3 Å². The van der Waals surface area contributed by atoms with Crippen LogP contribution in [0.2, 0.25) is 0 Å². The van der Waals surface area contributed by atoms with E-state index in [0.717, 1.165) is 13.1 Å². The maximum absolute atomic E-state index is 12.3. The number of nitrogens with zero attached hydrogens (tertiary/aromatic N) is 1. The van der Waals surface area contributed by atoms with Gasteiger partial charge in [-0.15, -0.1) is 0 Å². The number of hydrogen-bond donors (Lipinski definition) is 1. The van der Waals surface area contributed by atoms with Crippen molar-refractivity contribution >= 4 is 5.91 Å².